The number of carbonyl (C=O) groups is 1. The molecule has 5 nitrogen and oxygen atoms in total. The molecular formula is C37H44IrN3O2S-. The van der Waals surface area contributed by atoms with E-state index in [1.165, 1.54) is 28.3 Å². The zero-order valence-electron chi connectivity index (χ0n) is 27.4. The quantitative estimate of drug-likeness (QED) is 0.104. The fourth-order valence-electron chi connectivity index (χ4n) is 5.61. The van der Waals surface area contributed by atoms with Crippen LogP contribution >= 0.6 is 11.3 Å². The number of fused-ring (bicyclic) bond motifs is 1. The maximum absolute atomic E-state index is 11.7. The zero-order chi connectivity index (χ0) is 31.8. The van der Waals surface area contributed by atoms with Crippen LogP contribution in [0.25, 0.3) is 32.0 Å². The Morgan fingerprint density at radius 2 is 1.52 bits per heavy atom. The number of nitriles is 1. The van der Waals surface area contributed by atoms with Gasteiger partial charge in [-0.1, -0.05) is 59.2 Å². The third-order valence-electron chi connectivity index (χ3n) is 7.92. The van der Waals surface area contributed by atoms with Gasteiger partial charge in [-0.3, -0.25) is 4.79 Å². The molecule has 0 spiro atoms. The maximum Gasteiger partial charge on any atom is 0.162 e. The van der Waals surface area contributed by atoms with Crippen molar-refractivity contribution in [1.82, 2.24) is 9.97 Å². The Morgan fingerprint density at radius 1 is 0.955 bits per heavy atom. The van der Waals surface area contributed by atoms with Crippen molar-refractivity contribution in [3.8, 4) is 27.9 Å². The summed E-state index contributed by atoms with van der Waals surface area (Å²) in [7, 11) is 0. The average Bonchev–Trinajstić information content (AvgIpc) is 3.38. The molecule has 0 saturated heterocycles. The van der Waals surface area contributed by atoms with Gasteiger partial charge in [-0.2, -0.15) is 5.26 Å². The molecule has 0 saturated carbocycles. The van der Waals surface area contributed by atoms with Crippen LogP contribution in [0.4, 0.5) is 0 Å². The van der Waals surface area contributed by atoms with Gasteiger partial charge >= 0.3 is 0 Å². The van der Waals surface area contributed by atoms with Crippen LogP contribution in [-0.2, 0) is 24.9 Å². The van der Waals surface area contributed by atoms with Crippen molar-refractivity contribution < 1.29 is 30.0 Å². The Hall–Kier alpha value is -3.17. The number of aryl methyl sites for hydroxylation is 5. The largest absolute Gasteiger partial charge is 0.512 e. The third-order valence-corrected chi connectivity index (χ3v) is 9.00. The van der Waals surface area contributed by atoms with Crippen molar-refractivity contribution in [3.05, 3.63) is 81.7 Å². The number of aliphatic hydroxyl groups excluding tert-OH is 1. The number of hydrogen-bond donors (Lipinski definition) is 1. The van der Waals surface area contributed by atoms with E-state index in [4.69, 9.17) is 4.98 Å². The van der Waals surface area contributed by atoms with Crippen LogP contribution in [0.1, 0.15) is 86.8 Å². The van der Waals surface area contributed by atoms with Gasteiger partial charge in [-0.25, -0.2) is 4.98 Å². The monoisotopic (exact) mass is 787 g/mol. The van der Waals surface area contributed by atoms with Crippen molar-refractivity contribution in [3.63, 3.8) is 0 Å². The van der Waals surface area contributed by atoms with E-state index in [0.29, 0.717) is 5.56 Å². The minimum Gasteiger partial charge on any atom is -0.512 e. The second kappa shape index (κ2) is 16.8. The SMILES string of the molecule is CCC(CC)C(=O)/C=C(\O)C(CC)CC.Cc1[c-]c(-c2ncc(C#N)c3nc(-c4c(C)cc(C)cc4C)sc23)cc(C)c1.[Ir]. The summed E-state index contributed by atoms with van der Waals surface area (Å²) in [6.07, 6.45) is 6.53. The molecule has 0 aliphatic rings. The van der Waals surface area contributed by atoms with Crippen LogP contribution in [0.3, 0.4) is 0 Å². The molecule has 0 aliphatic carbocycles. The Morgan fingerprint density at radius 3 is 2.05 bits per heavy atom. The predicted molar refractivity (Wildman–Crippen MR) is 179 cm³/mol. The van der Waals surface area contributed by atoms with E-state index in [-0.39, 0.29) is 43.5 Å². The zero-order valence-corrected chi connectivity index (χ0v) is 30.6. The van der Waals surface area contributed by atoms with E-state index in [1.807, 2.05) is 34.6 Å². The number of pyridine rings is 1. The molecule has 235 valence electrons. The fourth-order valence-corrected chi connectivity index (χ4v) is 6.88. The summed E-state index contributed by atoms with van der Waals surface area (Å²) in [6.45, 7) is 18.5. The molecule has 0 amide bonds. The predicted octanol–water partition coefficient (Wildman–Crippen LogP) is 10.1. The topological polar surface area (TPSA) is 86.9 Å². The summed E-state index contributed by atoms with van der Waals surface area (Å²) >= 11 is 1.60. The van der Waals surface area contributed by atoms with Gasteiger partial charge in [-0.05, 0) is 57.6 Å². The molecule has 1 radical (unpaired) electrons. The molecule has 44 heavy (non-hydrogen) atoms. The van der Waals surface area contributed by atoms with Crippen LogP contribution in [0.15, 0.2) is 42.3 Å². The first kappa shape index (κ1) is 37.0. The second-order valence-electron chi connectivity index (χ2n) is 11.4. The minimum atomic E-state index is 0. The Balaban J connectivity index is 0.000000363. The summed E-state index contributed by atoms with van der Waals surface area (Å²) in [5.41, 5.74) is 10.0. The molecule has 4 rings (SSSR count). The average molecular weight is 787 g/mol. The molecule has 0 fully saturated rings. The molecule has 0 atom stereocenters. The molecular weight excluding hydrogens is 743 g/mol. The molecule has 2 aromatic carbocycles. The molecule has 2 heterocycles. The van der Waals surface area contributed by atoms with Crippen LogP contribution < -0.4 is 0 Å². The number of carbonyl (C=O) groups excluding carboxylic acids is 1. The van der Waals surface area contributed by atoms with Crippen molar-refractivity contribution in [2.75, 3.05) is 0 Å². The van der Waals surface area contributed by atoms with Crippen molar-refractivity contribution in [1.29, 1.82) is 5.26 Å². The standard InChI is InChI=1S/C24H20N3S.C13H24O2.Ir/c1-13-6-14(2)10-18(9-13)21-23-22(19(11-25)12-26-21)27-24(28-23)20-16(4)7-15(3)8-17(20)5;1-5-10(6-2)12(14)9-13(15)11(7-3)8-4;/h6-9,12H,1-5H3;9-11,14H,5-8H2,1-4H3;/q-1;;/b;12-9-;. The molecule has 0 unspecified atom stereocenters. The van der Waals surface area contributed by atoms with E-state index in [0.717, 1.165) is 63.3 Å². The Labute approximate surface area is 280 Å². The van der Waals surface area contributed by atoms with E-state index >= 15 is 0 Å². The van der Waals surface area contributed by atoms with Crippen molar-refractivity contribution >= 4 is 27.3 Å². The van der Waals surface area contributed by atoms with Crippen LogP contribution in [-0.4, -0.2) is 20.9 Å². The summed E-state index contributed by atoms with van der Waals surface area (Å²) in [4.78, 5) is 21.2. The van der Waals surface area contributed by atoms with Gasteiger partial charge in [0.05, 0.1) is 16.8 Å². The Bertz CT molecular complexity index is 1630. The van der Waals surface area contributed by atoms with Crippen LogP contribution in [0.2, 0.25) is 0 Å². The van der Waals surface area contributed by atoms with Gasteiger partial charge in [0.15, 0.2) is 5.78 Å². The smallest absolute Gasteiger partial charge is 0.162 e. The summed E-state index contributed by atoms with van der Waals surface area (Å²) in [5.74, 6) is 0.547. The fraction of sp³-hybridized carbons (Fsp3) is 0.405. The number of aliphatic hydroxyl groups is 1. The third kappa shape index (κ3) is 8.72. The number of allylic oxidation sites excluding steroid dienone is 2. The van der Waals surface area contributed by atoms with E-state index in [9.17, 15) is 15.2 Å². The van der Waals surface area contributed by atoms with Gasteiger partial charge in [0.2, 0.25) is 0 Å². The number of nitrogens with zero attached hydrogens (tertiary/aromatic N) is 3. The van der Waals surface area contributed by atoms with Gasteiger partial charge in [0.1, 0.15) is 11.1 Å². The summed E-state index contributed by atoms with van der Waals surface area (Å²) in [5, 5.41) is 20.3. The van der Waals surface area contributed by atoms with Crippen LogP contribution in [0.5, 0.6) is 0 Å². The van der Waals surface area contributed by atoms with Gasteiger partial charge in [0, 0.05) is 60.2 Å². The molecule has 7 heteroatoms. The van der Waals surface area contributed by atoms with E-state index < -0.39 is 0 Å². The van der Waals surface area contributed by atoms with Gasteiger partial charge in [-0.15, -0.1) is 46.2 Å². The molecule has 2 aromatic heterocycles. The minimum absolute atomic E-state index is 0. The Kier molecular flexibility index (Phi) is 14.1. The first-order valence-electron chi connectivity index (χ1n) is 15.2. The second-order valence-corrected chi connectivity index (χ2v) is 12.4. The number of rotatable bonds is 9. The first-order chi connectivity index (χ1) is 20.5. The van der Waals surface area contributed by atoms with Crippen molar-refractivity contribution in [2.45, 2.75) is 88.0 Å². The molecule has 0 aliphatic heterocycles. The van der Waals surface area contributed by atoms with Crippen LogP contribution in [0, 0.1) is 63.9 Å². The number of ketones is 1. The van der Waals surface area contributed by atoms with Gasteiger partial charge in [0.25, 0.3) is 0 Å². The summed E-state index contributed by atoms with van der Waals surface area (Å²) in [6, 6.07) is 14.2. The molecule has 4 aromatic rings. The van der Waals surface area contributed by atoms with E-state index in [1.54, 1.807) is 17.5 Å². The first-order valence-corrected chi connectivity index (χ1v) is 16.0. The normalized spacial score (nSPS) is 11.3. The molecule has 0 bridgehead atoms. The van der Waals surface area contributed by atoms with Gasteiger partial charge < -0.3 is 10.1 Å². The summed E-state index contributed by atoms with van der Waals surface area (Å²) < 4.78 is 0.940. The number of hydrogen-bond acceptors (Lipinski definition) is 6. The maximum atomic E-state index is 11.7. The number of aromatic nitrogens is 2. The van der Waals surface area contributed by atoms with Crippen molar-refractivity contribution in [2.24, 2.45) is 11.8 Å². The number of thiazole rings is 1. The number of benzene rings is 2. The molecule has 1 N–H and O–H groups in total. The van der Waals surface area contributed by atoms with E-state index in [2.05, 4.69) is 69.1 Å².